The van der Waals surface area contributed by atoms with Crippen LogP contribution in [0.3, 0.4) is 0 Å². The fourth-order valence-corrected chi connectivity index (χ4v) is 4.99. The number of amidine groups is 2. The summed E-state index contributed by atoms with van der Waals surface area (Å²) in [5, 5.41) is 0. The first-order chi connectivity index (χ1) is 14.8. The minimum atomic E-state index is 0.187. The van der Waals surface area contributed by atoms with Gasteiger partial charge >= 0.3 is 0 Å². The first-order valence-corrected chi connectivity index (χ1v) is 12.4. The zero-order chi connectivity index (χ0) is 20.3. The van der Waals surface area contributed by atoms with Gasteiger partial charge in [0.25, 0.3) is 6.02 Å². The second-order valence-electron chi connectivity index (χ2n) is 8.30. The maximum absolute atomic E-state index is 6.12. The maximum Gasteiger partial charge on any atom is 0.300 e. The molecule has 1 aromatic carbocycles. The smallest absolute Gasteiger partial charge is 0.300 e. The molecule has 1 aliphatic carbocycles. The molecule has 30 heavy (non-hydrogen) atoms. The van der Waals surface area contributed by atoms with Gasteiger partial charge in [0.2, 0.25) is 0 Å². The number of imidazole rings is 1. The third-order valence-electron chi connectivity index (χ3n) is 6.09. The summed E-state index contributed by atoms with van der Waals surface area (Å²) in [6, 6.07) is 11.4. The van der Waals surface area contributed by atoms with Crippen molar-refractivity contribution < 1.29 is 4.74 Å². The molecule has 3 heterocycles. The first-order valence-electron chi connectivity index (χ1n) is 11.0. The highest BCUT2D eigenvalue weighted by Gasteiger charge is 2.38. The lowest BCUT2D eigenvalue weighted by molar-refractivity contribution is 0.263. The average Bonchev–Trinajstić information content (AvgIpc) is 3.50. The van der Waals surface area contributed by atoms with Gasteiger partial charge in [0.05, 0.1) is 19.2 Å². The Morgan fingerprint density at radius 3 is 2.83 bits per heavy atom. The van der Waals surface area contributed by atoms with Crippen molar-refractivity contribution in [2.75, 3.05) is 25.2 Å². The van der Waals surface area contributed by atoms with Gasteiger partial charge in [-0.3, -0.25) is 9.89 Å². The summed E-state index contributed by atoms with van der Waals surface area (Å²) in [7, 11) is 0. The number of aromatic amines is 1. The molecule has 0 radical (unpaired) electrons. The van der Waals surface area contributed by atoms with Crippen molar-refractivity contribution in [1.82, 2.24) is 14.9 Å². The Hall–Kier alpha value is -2.28. The van der Waals surface area contributed by atoms with Crippen LogP contribution in [0.25, 0.3) is 0 Å². The number of aliphatic imine (C=N–C) groups is 2. The quantitative estimate of drug-likeness (QED) is 0.666. The van der Waals surface area contributed by atoms with Crippen molar-refractivity contribution in [1.29, 1.82) is 0 Å². The molecule has 7 heteroatoms. The highest BCUT2D eigenvalue weighted by Crippen LogP contribution is 2.36. The number of thioether (sulfide) groups is 1. The molecule has 1 atom stereocenters. The Morgan fingerprint density at radius 2 is 2.03 bits per heavy atom. The third kappa shape index (κ3) is 4.00. The lowest BCUT2D eigenvalue weighted by Gasteiger charge is -2.25. The molecular formula is C23H29N5OS. The van der Waals surface area contributed by atoms with Gasteiger partial charge in [-0.2, -0.15) is 16.8 Å². The van der Waals surface area contributed by atoms with Crippen molar-refractivity contribution in [2.24, 2.45) is 9.98 Å². The van der Waals surface area contributed by atoms with Crippen molar-refractivity contribution >= 4 is 29.4 Å². The van der Waals surface area contributed by atoms with Crippen LogP contribution in [-0.2, 0) is 11.2 Å². The summed E-state index contributed by atoms with van der Waals surface area (Å²) in [5.74, 6) is 4.36. The van der Waals surface area contributed by atoms with Crippen LogP contribution in [0.1, 0.15) is 55.1 Å². The molecule has 0 amide bonds. The standard InChI is InChI=1S/C23H29N5OS/c1-30-13-7-12-29-23-27-21-19(25-20(26-21)17-10-5-6-11-17)22-24-18(15-28(22)23)14-16-8-3-2-4-9-16/h2-4,8-9,17-18H,5-7,10-15H2,1H3,(H,25,26)/t18-/m1/s1. The van der Waals surface area contributed by atoms with E-state index in [2.05, 4.69) is 46.5 Å². The monoisotopic (exact) mass is 423 g/mol. The largest absolute Gasteiger partial charge is 0.465 e. The van der Waals surface area contributed by atoms with Gasteiger partial charge in [0, 0.05) is 5.92 Å². The van der Waals surface area contributed by atoms with Crippen LogP contribution in [0, 0.1) is 0 Å². The molecule has 0 saturated heterocycles. The molecule has 2 aliphatic heterocycles. The molecule has 0 spiro atoms. The summed E-state index contributed by atoms with van der Waals surface area (Å²) in [6.07, 6.45) is 9.04. The molecule has 2 aromatic rings. The van der Waals surface area contributed by atoms with Gasteiger partial charge in [-0.05, 0) is 43.3 Å². The van der Waals surface area contributed by atoms with Crippen LogP contribution in [0.4, 0.5) is 5.82 Å². The van der Waals surface area contributed by atoms with E-state index in [-0.39, 0.29) is 6.04 Å². The van der Waals surface area contributed by atoms with E-state index < -0.39 is 0 Å². The Bertz CT molecular complexity index is 932. The minimum Gasteiger partial charge on any atom is -0.465 e. The summed E-state index contributed by atoms with van der Waals surface area (Å²) in [6.45, 7) is 1.46. The Morgan fingerprint density at radius 1 is 1.20 bits per heavy atom. The predicted octanol–water partition coefficient (Wildman–Crippen LogP) is 4.51. The van der Waals surface area contributed by atoms with Crippen molar-refractivity contribution in [3.63, 3.8) is 0 Å². The number of benzene rings is 1. The minimum absolute atomic E-state index is 0.187. The van der Waals surface area contributed by atoms with Crippen molar-refractivity contribution in [3.05, 3.63) is 47.4 Å². The number of fused-ring (bicyclic) bond motifs is 3. The van der Waals surface area contributed by atoms with Gasteiger partial charge in [-0.25, -0.2) is 4.98 Å². The van der Waals surface area contributed by atoms with E-state index in [0.29, 0.717) is 18.5 Å². The molecule has 5 rings (SSSR count). The van der Waals surface area contributed by atoms with Crippen LogP contribution in [0.2, 0.25) is 0 Å². The van der Waals surface area contributed by atoms with Gasteiger partial charge < -0.3 is 9.72 Å². The number of aromatic nitrogens is 2. The van der Waals surface area contributed by atoms with E-state index in [1.54, 1.807) is 0 Å². The number of hydrogen-bond acceptors (Lipinski definition) is 6. The summed E-state index contributed by atoms with van der Waals surface area (Å²) < 4.78 is 6.12. The zero-order valence-corrected chi connectivity index (χ0v) is 18.3. The number of nitrogens with zero attached hydrogens (tertiary/aromatic N) is 4. The second-order valence-corrected chi connectivity index (χ2v) is 9.28. The fourth-order valence-electron chi connectivity index (χ4n) is 4.58. The lowest BCUT2D eigenvalue weighted by atomic mass is 10.1. The number of H-pyrrole nitrogens is 1. The molecule has 1 N–H and O–H groups in total. The highest BCUT2D eigenvalue weighted by molar-refractivity contribution is 7.98. The van der Waals surface area contributed by atoms with E-state index in [1.165, 1.54) is 31.2 Å². The molecule has 3 aliphatic rings. The van der Waals surface area contributed by atoms with Crippen LogP contribution in [0.15, 0.2) is 40.3 Å². The third-order valence-corrected chi connectivity index (χ3v) is 6.79. The SMILES string of the molecule is CSCCCOC1=Nc2nc(C3CCCC3)[nH]c2C2=N[C@H](Cc3ccccc3)CN12. The zero-order valence-electron chi connectivity index (χ0n) is 17.5. The topological polar surface area (TPSA) is 65.9 Å². The first kappa shape index (κ1) is 19.7. The molecule has 6 nitrogen and oxygen atoms in total. The lowest BCUT2D eigenvalue weighted by Crippen LogP contribution is -2.40. The van der Waals surface area contributed by atoms with Crippen LogP contribution in [-0.4, -0.2) is 57.9 Å². The number of ether oxygens (including phenoxy) is 1. The Balaban J connectivity index is 1.41. The molecule has 0 bridgehead atoms. The summed E-state index contributed by atoms with van der Waals surface area (Å²) in [5.41, 5.74) is 2.27. The molecular weight excluding hydrogens is 394 g/mol. The van der Waals surface area contributed by atoms with Crippen LogP contribution >= 0.6 is 11.8 Å². The van der Waals surface area contributed by atoms with Crippen molar-refractivity contribution in [3.8, 4) is 0 Å². The number of nitrogens with one attached hydrogen (secondary N) is 1. The second kappa shape index (κ2) is 8.84. The summed E-state index contributed by atoms with van der Waals surface area (Å²) in [4.78, 5) is 20.5. The molecule has 158 valence electrons. The summed E-state index contributed by atoms with van der Waals surface area (Å²) >= 11 is 1.84. The van der Waals surface area contributed by atoms with E-state index in [9.17, 15) is 0 Å². The predicted molar refractivity (Wildman–Crippen MR) is 123 cm³/mol. The van der Waals surface area contributed by atoms with Crippen molar-refractivity contribution in [2.45, 2.75) is 50.5 Å². The molecule has 1 aromatic heterocycles. The van der Waals surface area contributed by atoms with E-state index >= 15 is 0 Å². The molecule has 1 saturated carbocycles. The van der Waals surface area contributed by atoms with Gasteiger partial charge in [0.15, 0.2) is 11.7 Å². The van der Waals surface area contributed by atoms with Gasteiger partial charge in [-0.15, -0.1) is 0 Å². The van der Waals surface area contributed by atoms with Crippen LogP contribution < -0.4 is 0 Å². The van der Waals surface area contributed by atoms with Gasteiger partial charge in [0.1, 0.15) is 11.5 Å². The van der Waals surface area contributed by atoms with E-state index in [4.69, 9.17) is 19.7 Å². The number of hydrogen-bond donors (Lipinski definition) is 1. The number of rotatable bonds is 7. The maximum atomic E-state index is 6.12. The van der Waals surface area contributed by atoms with Gasteiger partial charge in [-0.1, -0.05) is 43.2 Å². The highest BCUT2D eigenvalue weighted by atomic mass is 32.2. The normalized spacial score (nSPS) is 20.7. The Labute approximate surface area is 182 Å². The van der Waals surface area contributed by atoms with Crippen LogP contribution in [0.5, 0.6) is 0 Å². The molecule has 1 fully saturated rings. The van der Waals surface area contributed by atoms with E-state index in [0.717, 1.165) is 48.3 Å². The Kier molecular flexibility index (Phi) is 5.79. The average molecular weight is 424 g/mol. The fraction of sp³-hybridized carbons (Fsp3) is 0.522. The van der Waals surface area contributed by atoms with E-state index in [1.807, 2.05) is 11.8 Å². The molecule has 0 unspecified atom stereocenters.